The maximum Gasteiger partial charge on any atom is 0.351 e. The number of anilines is 1. The van der Waals surface area contributed by atoms with Crippen molar-refractivity contribution in [2.75, 3.05) is 12.4 Å². The fourth-order valence-electron chi connectivity index (χ4n) is 3.38. The van der Waals surface area contributed by atoms with E-state index in [0.717, 1.165) is 23.7 Å². The highest BCUT2D eigenvalue weighted by atomic mass is 16.5. The number of ether oxygens (including phenoxy) is 1. The van der Waals surface area contributed by atoms with E-state index in [0.29, 0.717) is 17.5 Å². The third kappa shape index (κ3) is 4.23. The number of urea groups is 1. The van der Waals surface area contributed by atoms with Gasteiger partial charge in [-0.15, -0.1) is 0 Å². The zero-order chi connectivity index (χ0) is 20.1. The second-order valence-electron chi connectivity index (χ2n) is 6.73. The number of hydrogen-bond donors (Lipinski definition) is 3. The monoisotopic (exact) mass is 383 g/mol. The molecule has 0 spiro atoms. The molecule has 8 heteroatoms. The fourth-order valence-corrected chi connectivity index (χ4v) is 3.38. The number of fused-ring (bicyclic) bond motifs is 1. The number of benzene rings is 1. The lowest BCUT2D eigenvalue weighted by atomic mass is 9.96. The van der Waals surface area contributed by atoms with Gasteiger partial charge in [-0.25, -0.2) is 4.79 Å². The summed E-state index contributed by atoms with van der Waals surface area (Å²) in [4.78, 5) is 12.3. The number of amidine groups is 1. The van der Waals surface area contributed by atoms with E-state index in [9.17, 15) is 10.0 Å². The molecule has 0 bridgehead atoms. The predicted octanol–water partition coefficient (Wildman–Crippen LogP) is 4.49. The minimum absolute atomic E-state index is 0.217. The number of hydroxylamine groups is 2. The molecule has 0 atom stereocenters. The Bertz CT molecular complexity index is 912. The topological polar surface area (TPSA) is 103 Å². The van der Waals surface area contributed by atoms with E-state index < -0.39 is 6.03 Å². The van der Waals surface area contributed by atoms with Crippen LogP contribution in [0.25, 0.3) is 10.9 Å². The van der Waals surface area contributed by atoms with Gasteiger partial charge in [0, 0.05) is 17.6 Å². The number of hydrogen-bond acceptors (Lipinski definition) is 5. The smallest absolute Gasteiger partial charge is 0.351 e. The molecule has 3 N–H and O–H groups in total. The summed E-state index contributed by atoms with van der Waals surface area (Å²) in [6, 6.07) is 3.05. The van der Waals surface area contributed by atoms with Crippen molar-refractivity contribution in [2.45, 2.75) is 38.1 Å². The first kappa shape index (κ1) is 19.6. The maximum atomic E-state index is 12.3. The van der Waals surface area contributed by atoms with Crippen LogP contribution in [-0.4, -0.2) is 39.0 Å². The van der Waals surface area contributed by atoms with Gasteiger partial charge < -0.3 is 10.1 Å². The molecule has 1 aliphatic rings. The SMILES string of the molecule is C=C/C=C\C(=N)N(O)C(=O)Nc1cc2cn(C3CCCCC3)nc2cc1OC. The van der Waals surface area contributed by atoms with Crippen LogP contribution in [0.4, 0.5) is 10.5 Å². The molecule has 148 valence electrons. The molecule has 1 saturated carbocycles. The summed E-state index contributed by atoms with van der Waals surface area (Å²) < 4.78 is 7.37. The summed E-state index contributed by atoms with van der Waals surface area (Å²) in [6.45, 7) is 3.48. The highest BCUT2D eigenvalue weighted by molar-refractivity contribution is 6.06. The number of rotatable bonds is 5. The Kier molecular flexibility index (Phi) is 6.10. The van der Waals surface area contributed by atoms with Crippen LogP contribution in [0.5, 0.6) is 5.75 Å². The normalized spacial score (nSPS) is 14.9. The first-order valence-electron chi connectivity index (χ1n) is 9.28. The van der Waals surface area contributed by atoms with E-state index in [4.69, 9.17) is 10.1 Å². The fraction of sp³-hybridized carbons (Fsp3) is 0.350. The molecule has 1 fully saturated rings. The van der Waals surface area contributed by atoms with Gasteiger partial charge in [0.1, 0.15) is 5.75 Å². The van der Waals surface area contributed by atoms with Crippen molar-refractivity contribution in [3.05, 3.63) is 43.1 Å². The number of allylic oxidation sites excluding steroid dienone is 2. The molecular weight excluding hydrogens is 358 g/mol. The Morgan fingerprint density at radius 1 is 1.43 bits per heavy atom. The van der Waals surface area contributed by atoms with Crippen molar-refractivity contribution in [1.29, 1.82) is 5.41 Å². The molecule has 1 heterocycles. The molecule has 8 nitrogen and oxygen atoms in total. The van der Waals surface area contributed by atoms with E-state index >= 15 is 0 Å². The van der Waals surface area contributed by atoms with Crippen LogP contribution in [0.15, 0.2) is 43.1 Å². The van der Waals surface area contributed by atoms with Crippen molar-refractivity contribution in [2.24, 2.45) is 0 Å². The molecule has 1 aromatic carbocycles. The zero-order valence-electron chi connectivity index (χ0n) is 15.9. The third-order valence-corrected chi connectivity index (χ3v) is 4.84. The van der Waals surface area contributed by atoms with Crippen LogP contribution in [0.3, 0.4) is 0 Å². The Hall–Kier alpha value is -3.13. The lowest BCUT2D eigenvalue weighted by Crippen LogP contribution is -2.35. The highest BCUT2D eigenvalue weighted by Crippen LogP contribution is 2.33. The molecule has 2 amide bonds. The van der Waals surface area contributed by atoms with Gasteiger partial charge >= 0.3 is 6.03 Å². The van der Waals surface area contributed by atoms with E-state index in [2.05, 4.69) is 17.0 Å². The van der Waals surface area contributed by atoms with Crippen molar-refractivity contribution in [3.8, 4) is 5.75 Å². The number of carbonyl (C=O) groups is 1. The Morgan fingerprint density at radius 3 is 2.86 bits per heavy atom. The van der Waals surface area contributed by atoms with Crippen LogP contribution in [0.1, 0.15) is 38.1 Å². The molecule has 0 saturated heterocycles. The zero-order valence-corrected chi connectivity index (χ0v) is 15.9. The van der Waals surface area contributed by atoms with Crippen LogP contribution < -0.4 is 10.1 Å². The molecule has 28 heavy (non-hydrogen) atoms. The summed E-state index contributed by atoms with van der Waals surface area (Å²) in [5, 5.41) is 25.9. The maximum absolute atomic E-state index is 12.3. The molecule has 1 aliphatic carbocycles. The minimum atomic E-state index is -0.865. The lowest BCUT2D eigenvalue weighted by molar-refractivity contribution is 0.0335. The van der Waals surface area contributed by atoms with Crippen LogP contribution in [0, 0.1) is 5.41 Å². The Balaban J connectivity index is 1.83. The van der Waals surface area contributed by atoms with Crippen molar-refractivity contribution < 1.29 is 14.7 Å². The minimum Gasteiger partial charge on any atom is -0.494 e. The number of amides is 2. The molecule has 0 aliphatic heterocycles. The summed E-state index contributed by atoms with van der Waals surface area (Å²) in [6.07, 6.45) is 12.1. The summed E-state index contributed by atoms with van der Waals surface area (Å²) in [5.74, 6) is 0.0406. The molecule has 0 unspecified atom stereocenters. The van der Waals surface area contributed by atoms with Gasteiger partial charge in [-0.1, -0.05) is 38.0 Å². The average Bonchev–Trinajstić information content (AvgIpc) is 3.14. The van der Waals surface area contributed by atoms with Gasteiger partial charge in [-0.05, 0) is 25.0 Å². The van der Waals surface area contributed by atoms with Crippen LogP contribution >= 0.6 is 0 Å². The van der Waals surface area contributed by atoms with Crippen molar-refractivity contribution >= 4 is 28.5 Å². The van der Waals surface area contributed by atoms with Gasteiger partial charge in [0.25, 0.3) is 0 Å². The molecule has 0 radical (unpaired) electrons. The Morgan fingerprint density at radius 2 is 2.18 bits per heavy atom. The third-order valence-electron chi connectivity index (χ3n) is 4.84. The molecular formula is C20H25N5O3. The van der Waals surface area contributed by atoms with E-state index in [-0.39, 0.29) is 10.9 Å². The first-order chi connectivity index (χ1) is 13.5. The predicted molar refractivity (Wildman–Crippen MR) is 108 cm³/mol. The Labute approximate surface area is 163 Å². The van der Waals surface area contributed by atoms with Gasteiger partial charge in [0.05, 0.1) is 24.4 Å². The average molecular weight is 383 g/mol. The summed E-state index contributed by atoms with van der Waals surface area (Å²) in [5.41, 5.74) is 1.17. The quantitative estimate of drug-likeness (QED) is 0.233. The summed E-state index contributed by atoms with van der Waals surface area (Å²) in [7, 11) is 1.50. The van der Waals surface area contributed by atoms with Crippen molar-refractivity contribution in [1.82, 2.24) is 14.8 Å². The van der Waals surface area contributed by atoms with Gasteiger partial charge in [-0.2, -0.15) is 10.2 Å². The van der Waals surface area contributed by atoms with Crippen LogP contribution in [0.2, 0.25) is 0 Å². The number of aromatic nitrogens is 2. The number of carbonyl (C=O) groups excluding carboxylic acids is 1. The highest BCUT2D eigenvalue weighted by Gasteiger charge is 2.20. The van der Waals surface area contributed by atoms with Crippen LogP contribution in [-0.2, 0) is 0 Å². The second-order valence-corrected chi connectivity index (χ2v) is 6.73. The molecule has 2 aromatic rings. The van der Waals surface area contributed by atoms with Gasteiger partial charge in [-0.3, -0.25) is 15.3 Å². The molecule has 3 rings (SSSR count). The molecule has 1 aromatic heterocycles. The number of nitrogens with one attached hydrogen (secondary N) is 2. The van der Waals surface area contributed by atoms with E-state index in [1.54, 1.807) is 12.1 Å². The lowest BCUT2D eigenvalue weighted by Gasteiger charge is -2.21. The van der Waals surface area contributed by atoms with E-state index in [1.165, 1.54) is 44.6 Å². The standard InChI is InChI=1S/C20H25N5O3/c1-3-4-10-19(21)25(27)20(26)22-17-11-14-13-24(15-8-6-5-7-9-15)23-16(14)12-18(17)28-2/h3-4,10-13,15,21,27H,1,5-9H2,2H3,(H,22,26)/b10-4-,21-19?. The summed E-state index contributed by atoms with van der Waals surface area (Å²) >= 11 is 0. The van der Waals surface area contributed by atoms with Crippen molar-refractivity contribution in [3.63, 3.8) is 0 Å². The van der Waals surface area contributed by atoms with Gasteiger partial charge in [0.2, 0.25) is 0 Å². The second kappa shape index (κ2) is 8.71. The number of methoxy groups -OCH3 is 1. The number of nitrogens with zero attached hydrogens (tertiary/aromatic N) is 3. The van der Waals surface area contributed by atoms with Gasteiger partial charge in [0.15, 0.2) is 5.84 Å². The van der Waals surface area contributed by atoms with E-state index in [1.807, 2.05) is 10.9 Å². The largest absolute Gasteiger partial charge is 0.494 e. The first-order valence-corrected chi connectivity index (χ1v) is 9.28.